The summed E-state index contributed by atoms with van der Waals surface area (Å²) in [6, 6.07) is 19.3. The highest BCUT2D eigenvalue weighted by atomic mass is 32.1. The van der Waals surface area contributed by atoms with Crippen molar-refractivity contribution in [3.8, 4) is 10.4 Å². The van der Waals surface area contributed by atoms with Crippen LogP contribution < -0.4 is 4.90 Å². The highest BCUT2D eigenvalue weighted by molar-refractivity contribution is 7.15. The number of benzene rings is 2. The first kappa shape index (κ1) is 18.1. The van der Waals surface area contributed by atoms with Crippen molar-refractivity contribution in [2.75, 3.05) is 4.90 Å². The molecule has 0 saturated carbocycles. The molecule has 140 valence electrons. The van der Waals surface area contributed by atoms with Crippen molar-refractivity contribution in [2.24, 2.45) is 0 Å². The third-order valence-corrected chi connectivity index (χ3v) is 5.27. The highest BCUT2D eigenvalue weighted by Crippen LogP contribution is 2.32. The summed E-state index contributed by atoms with van der Waals surface area (Å²) < 4.78 is 19.9. The summed E-state index contributed by atoms with van der Waals surface area (Å²) in [5.41, 5.74) is 1.40. The van der Waals surface area contributed by atoms with Crippen LogP contribution >= 0.6 is 11.3 Å². The zero-order valence-corrected chi connectivity index (χ0v) is 15.9. The van der Waals surface area contributed by atoms with E-state index in [2.05, 4.69) is 4.98 Å². The Morgan fingerprint density at radius 3 is 2.54 bits per heavy atom. The van der Waals surface area contributed by atoms with Gasteiger partial charge in [0.05, 0.1) is 28.4 Å². The molecule has 6 heteroatoms. The molecule has 0 atom stereocenters. The van der Waals surface area contributed by atoms with Gasteiger partial charge in [0.25, 0.3) is 5.91 Å². The van der Waals surface area contributed by atoms with E-state index in [9.17, 15) is 9.18 Å². The molecule has 0 spiro atoms. The van der Waals surface area contributed by atoms with Crippen molar-refractivity contribution in [3.05, 3.63) is 95.3 Å². The minimum atomic E-state index is -0.476. The molecule has 2 heterocycles. The first-order chi connectivity index (χ1) is 13.6. The van der Waals surface area contributed by atoms with Gasteiger partial charge in [-0.2, -0.15) is 0 Å². The molecule has 0 N–H and O–H groups in total. The summed E-state index contributed by atoms with van der Waals surface area (Å²) in [4.78, 5) is 20.1. The molecule has 0 aliphatic heterocycles. The quantitative estimate of drug-likeness (QED) is 0.438. The zero-order chi connectivity index (χ0) is 19.5. The Labute approximate surface area is 165 Å². The number of carbonyl (C=O) groups excluding carboxylic acids is 1. The van der Waals surface area contributed by atoms with Crippen LogP contribution in [-0.4, -0.2) is 10.9 Å². The topological polar surface area (TPSA) is 46.3 Å². The fraction of sp³-hybridized carbons (Fsp3) is 0.0909. The van der Waals surface area contributed by atoms with Crippen molar-refractivity contribution in [3.63, 3.8) is 0 Å². The Bertz CT molecular complexity index is 1090. The number of anilines is 1. The molecule has 0 aliphatic rings. The van der Waals surface area contributed by atoms with Gasteiger partial charge in [0, 0.05) is 0 Å². The largest absolute Gasteiger partial charge is 0.467 e. The Kier molecular flexibility index (Phi) is 5.04. The maximum absolute atomic E-state index is 14.5. The van der Waals surface area contributed by atoms with Gasteiger partial charge in [-0.3, -0.25) is 9.69 Å². The van der Waals surface area contributed by atoms with Gasteiger partial charge in [-0.1, -0.05) is 42.5 Å². The number of para-hydroxylation sites is 1. The van der Waals surface area contributed by atoms with Crippen LogP contribution in [0.2, 0.25) is 0 Å². The standard InChI is InChI=1S/C22H17FN2O2S/c1-15-24-20(21(28-15)16-8-3-2-4-9-16)22(26)25(14-17-10-7-13-27-17)19-12-6-5-11-18(19)23/h2-13H,14H2,1H3. The van der Waals surface area contributed by atoms with Crippen LogP contribution in [0, 0.1) is 12.7 Å². The normalized spacial score (nSPS) is 10.8. The second kappa shape index (κ2) is 7.78. The van der Waals surface area contributed by atoms with E-state index < -0.39 is 5.82 Å². The fourth-order valence-electron chi connectivity index (χ4n) is 2.98. The van der Waals surface area contributed by atoms with Crippen LogP contribution in [0.5, 0.6) is 0 Å². The number of furan rings is 1. The Morgan fingerprint density at radius 2 is 1.82 bits per heavy atom. The molecule has 1 amide bonds. The van der Waals surface area contributed by atoms with Crippen molar-refractivity contribution in [1.29, 1.82) is 0 Å². The molecule has 0 bridgehead atoms. The number of hydrogen-bond donors (Lipinski definition) is 0. The second-order valence-electron chi connectivity index (χ2n) is 6.20. The average molecular weight is 392 g/mol. The van der Waals surface area contributed by atoms with Crippen LogP contribution in [0.4, 0.5) is 10.1 Å². The number of aryl methyl sites for hydroxylation is 1. The van der Waals surface area contributed by atoms with Crippen molar-refractivity contribution in [1.82, 2.24) is 4.98 Å². The molecule has 0 radical (unpaired) electrons. The molecule has 2 aromatic heterocycles. The number of aromatic nitrogens is 1. The van der Waals surface area contributed by atoms with Gasteiger partial charge in [-0.15, -0.1) is 11.3 Å². The summed E-state index contributed by atoms with van der Waals surface area (Å²) >= 11 is 1.44. The molecule has 0 aliphatic carbocycles. The van der Waals surface area contributed by atoms with Crippen LogP contribution in [0.15, 0.2) is 77.4 Å². The number of halogens is 1. The molecule has 4 rings (SSSR count). The predicted molar refractivity (Wildman–Crippen MR) is 108 cm³/mol. The first-order valence-electron chi connectivity index (χ1n) is 8.75. The van der Waals surface area contributed by atoms with Crippen LogP contribution in [0.1, 0.15) is 21.3 Å². The second-order valence-corrected chi connectivity index (χ2v) is 7.40. The van der Waals surface area contributed by atoms with Crippen LogP contribution in [0.25, 0.3) is 10.4 Å². The molecular formula is C22H17FN2O2S. The maximum Gasteiger partial charge on any atom is 0.278 e. The van der Waals surface area contributed by atoms with Gasteiger partial charge in [0.1, 0.15) is 17.3 Å². The van der Waals surface area contributed by atoms with Gasteiger partial charge in [-0.05, 0) is 36.8 Å². The Hall–Kier alpha value is -3.25. The minimum absolute atomic E-state index is 0.109. The smallest absolute Gasteiger partial charge is 0.278 e. The molecule has 4 nitrogen and oxygen atoms in total. The number of nitrogens with zero attached hydrogens (tertiary/aromatic N) is 2. The number of rotatable bonds is 5. The highest BCUT2D eigenvalue weighted by Gasteiger charge is 2.27. The first-order valence-corrected chi connectivity index (χ1v) is 9.57. The fourth-order valence-corrected chi connectivity index (χ4v) is 3.90. The Balaban J connectivity index is 1.79. The number of hydrogen-bond acceptors (Lipinski definition) is 4. The SMILES string of the molecule is Cc1nc(C(=O)N(Cc2ccco2)c2ccccc2F)c(-c2ccccc2)s1. The van der Waals surface area contributed by atoms with E-state index in [4.69, 9.17) is 4.42 Å². The van der Waals surface area contributed by atoms with Crippen LogP contribution in [0.3, 0.4) is 0 Å². The average Bonchev–Trinajstić information content (AvgIpc) is 3.36. The van der Waals surface area contributed by atoms with Crippen molar-refractivity contribution >= 4 is 22.9 Å². The molecule has 2 aromatic carbocycles. The summed E-state index contributed by atoms with van der Waals surface area (Å²) in [6.07, 6.45) is 1.53. The van der Waals surface area contributed by atoms with E-state index in [0.717, 1.165) is 15.4 Å². The van der Waals surface area contributed by atoms with Crippen LogP contribution in [-0.2, 0) is 6.54 Å². The molecule has 28 heavy (non-hydrogen) atoms. The maximum atomic E-state index is 14.5. The Morgan fingerprint density at radius 1 is 1.07 bits per heavy atom. The molecule has 0 fully saturated rings. The lowest BCUT2D eigenvalue weighted by Crippen LogP contribution is -2.31. The van der Waals surface area contributed by atoms with Gasteiger partial charge in [-0.25, -0.2) is 9.37 Å². The third-order valence-electron chi connectivity index (χ3n) is 4.26. The monoisotopic (exact) mass is 392 g/mol. The number of thiazole rings is 1. The zero-order valence-electron chi connectivity index (χ0n) is 15.1. The summed E-state index contributed by atoms with van der Waals surface area (Å²) in [5, 5.41) is 0.772. The molecule has 0 saturated heterocycles. The third kappa shape index (κ3) is 3.59. The summed E-state index contributed by atoms with van der Waals surface area (Å²) in [6.45, 7) is 1.96. The lowest BCUT2D eigenvalue weighted by atomic mass is 10.1. The lowest BCUT2D eigenvalue weighted by molar-refractivity contribution is 0.0978. The minimum Gasteiger partial charge on any atom is -0.467 e. The predicted octanol–water partition coefficient (Wildman–Crippen LogP) is 5.70. The van der Waals surface area contributed by atoms with E-state index in [0.29, 0.717) is 11.5 Å². The van der Waals surface area contributed by atoms with Gasteiger partial charge in [0.2, 0.25) is 0 Å². The molecular weight excluding hydrogens is 375 g/mol. The molecule has 4 aromatic rings. The molecule has 0 unspecified atom stereocenters. The lowest BCUT2D eigenvalue weighted by Gasteiger charge is -2.22. The number of amides is 1. The van der Waals surface area contributed by atoms with E-state index in [-0.39, 0.29) is 18.1 Å². The summed E-state index contributed by atoms with van der Waals surface area (Å²) in [7, 11) is 0. The van der Waals surface area contributed by atoms with E-state index in [1.807, 2.05) is 37.3 Å². The van der Waals surface area contributed by atoms with E-state index >= 15 is 0 Å². The van der Waals surface area contributed by atoms with E-state index in [1.54, 1.807) is 30.3 Å². The van der Waals surface area contributed by atoms with Crippen molar-refractivity contribution in [2.45, 2.75) is 13.5 Å². The van der Waals surface area contributed by atoms with Gasteiger partial charge in [0.15, 0.2) is 0 Å². The number of carbonyl (C=O) groups is 1. The van der Waals surface area contributed by atoms with Gasteiger partial charge >= 0.3 is 0 Å². The van der Waals surface area contributed by atoms with Gasteiger partial charge < -0.3 is 4.42 Å². The van der Waals surface area contributed by atoms with E-state index in [1.165, 1.54) is 28.6 Å². The van der Waals surface area contributed by atoms with Crippen molar-refractivity contribution < 1.29 is 13.6 Å². The summed E-state index contributed by atoms with van der Waals surface area (Å²) in [5.74, 6) is -0.287.